The molecular weight excluding hydrogens is 186 g/mol. The van der Waals surface area contributed by atoms with E-state index in [9.17, 15) is 0 Å². The fraction of sp³-hybridized carbons (Fsp3) is 0.444. The average molecular weight is 199 g/mol. The van der Waals surface area contributed by atoms with Gasteiger partial charge in [0, 0.05) is 13.6 Å². The van der Waals surface area contributed by atoms with Gasteiger partial charge in [-0.15, -0.1) is 0 Å². The summed E-state index contributed by atoms with van der Waals surface area (Å²) in [5.74, 6) is 0.631. The second-order valence-corrected chi connectivity index (χ2v) is 3.25. The van der Waals surface area contributed by atoms with Gasteiger partial charge in [-0.1, -0.05) is 11.6 Å². The van der Waals surface area contributed by atoms with E-state index < -0.39 is 0 Å². The number of dihydropyridines is 1. The van der Waals surface area contributed by atoms with Crippen molar-refractivity contribution in [2.45, 2.75) is 12.4 Å². The highest BCUT2D eigenvalue weighted by atomic mass is 35.5. The van der Waals surface area contributed by atoms with Crippen LogP contribution >= 0.6 is 11.6 Å². The number of likely N-dealkylation sites (N-methyl/N-ethyl adjacent to an activating group) is 1. The maximum Gasteiger partial charge on any atom is 0.403 e. The van der Waals surface area contributed by atoms with Gasteiger partial charge < -0.3 is 4.90 Å². The van der Waals surface area contributed by atoms with Gasteiger partial charge in [0.05, 0.1) is 0 Å². The lowest BCUT2D eigenvalue weighted by Gasteiger charge is -2.19. The Kier molecular flexibility index (Phi) is 3.21. The lowest BCUT2D eigenvalue weighted by Crippen LogP contribution is -2.29. The minimum absolute atomic E-state index is 0.226. The average Bonchev–Trinajstić information content (AvgIpc) is 2.16. The largest absolute Gasteiger partial charge is 0.403 e. The summed E-state index contributed by atoms with van der Waals surface area (Å²) >= 11 is 5.84. The van der Waals surface area contributed by atoms with E-state index in [0.29, 0.717) is 5.82 Å². The summed E-state index contributed by atoms with van der Waals surface area (Å²) in [6.07, 6.45) is 3.78. The summed E-state index contributed by atoms with van der Waals surface area (Å²) in [5.41, 5.74) is 0.734. The monoisotopic (exact) mass is 198 g/mol. The third-order valence-electron chi connectivity index (χ3n) is 1.95. The van der Waals surface area contributed by atoms with Gasteiger partial charge in [-0.3, -0.25) is 0 Å². The molecule has 1 heterocycles. The Morgan fingerprint density at radius 3 is 3.00 bits per heavy atom. The van der Waals surface area contributed by atoms with Crippen molar-refractivity contribution in [1.29, 1.82) is 0 Å². The lowest BCUT2D eigenvalue weighted by atomic mass is 10.2. The number of hydrogen-bond acceptors (Lipinski definition) is 2. The van der Waals surface area contributed by atoms with Crippen molar-refractivity contribution in [3.8, 4) is 6.57 Å². The SMILES string of the molecule is C#[N+]C1=C(N(C)CC)C=CC(Cl)N1. The lowest BCUT2D eigenvalue weighted by molar-refractivity contribution is 0.445. The molecule has 0 fully saturated rings. The van der Waals surface area contributed by atoms with E-state index in [0.717, 1.165) is 12.2 Å². The van der Waals surface area contributed by atoms with Crippen molar-refractivity contribution >= 4 is 11.6 Å². The van der Waals surface area contributed by atoms with Crippen molar-refractivity contribution in [1.82, 2.24) is 10.2 Å². The van der Waals surface area contributed by atoms with E-state index in [1.807, 2.05) is 24.1 Å². The van der Waals surface area contributed by atoms with Crippen LogP contribution in [0.2, 0.25) is 0 Å². The molecule has 70 valence electrons. The van der Waals surface area contributed by atoms with Gasteiger partial charge in [-0.2, -0.15) is 4.85 Å². The molecule has 1 aliphatic heterocycles. The van der Waals surface area contributed by atoms with E-state index >= 15 is 0 Å². The highest BCUT2D eigenvalue weighted by molar-refractivity contribution is 6.21. The molecule has 0 bridgehead atoms. The van der Waals surface area contributed by atoms with E-state index in [1.165, 1.54) is 0 Å². The van der Waals surface area contributed by atoms with Gasteiger partial charge in [0.25, 0.3) is 0 Å². The highest BCUT2D eigenvalue weighted by Crippen LogP contribution is 2.16. The van der Waals surface area contributed by atoms with Crippen molar-refractivity contribution in [2.24, 2.45) is 0 Å². The molecule has 0 aromatic heterocycles. The van der Waals surface area contributed by atoms with Crippen molar-refractivity contribution in [3.63, 3.8) is 0 Å². The number of rotatable bonds is 2. The maximum absolute atomic E-state index is 5.84. The minimum atomic E-state index is -0.226. The molecule has 0 aromatic carbocycles. The molecule has 0 aromatic rings. The van der Waals surface area contributed by atoms with Crippen LogP contribution in [-0.4, -0.2) is 24.0 Å². The molecular formula is C9H13ClN3+. The number of hydrogen-bond donors (Lipinski definition) is 1. The maximum atomic E-state index is 5.84. The Morgan fingerprint density at radius 2 is 2.46 bits per heavy atom. The third kappa shape index (κ3) is 2.16. The molecule has 1 N–H and O–H groups in total. The van der Waals surface area contributed by atoms with Crippen molar-refractivity contribution < 1.29 is 0 Å². The number of nitrogens with one attached hydrogen (secondary N) is 1. The predicted molar refractivity (Wildman–Crippen MR) is 55.6 cm³/mol. The number of nitrogens with zero attached hydrogens (tertiary/aromatic N) is 2. The van der Waals surface area contributed by atoms with Crippen LogP contribution in [0.15, 0.2) is 23.7 Å². The van der Waals surface area contributed by atoms with Gasteiger partial charge >= 0.3 is 5.82 Å². The predicted octanol–water partition coefficient (Wildman–Crippen LogP) is 1.79. The molecule has 0 spiro atoms. The normalized spacial score (nSPS) is 20.9. The fourth-order valence-corrected chi connectivity index (χ4v) is 1.27. The molecule has 1 unspecified atom stereocenters. The molecule has 1 atom stereocenters. The molecule has 1 rings (SSSR count). The van der Waals surface area contributed by atoms with Crippen LogP contribution in [0.4, 0.5) is 0 Å². The Labute approximate surface area is 83.5 Å². The molecule has 0 aliphatic carbocycles. The molecule has 0 saturated heterocycles. The number of allylic oxidation sites excluding steroid dienone is 1. The molecule has 3 nitrogen and oxygen atoms in total. The first-order valence-electron chi connectivity index (χ1n) is 4.14. The summed E-state index contributed by atoms with van der Waals surface area (Å²) in [6.45, 7) is 8.19. The fourth-order valence-electron chi connectivity index (χ4n) is 1.09. The van der Waals surface area contributed by atoms with Gasteiger partial charge in [0.1, 0.15) is 12.3 Å². The number of alkyl halides is 1. The number of halogens is 1. The van der Waals surface area contributed by atoms with Crippen molar-refractivity contribution in [2.75, 3.05) is 13.6 Å². The zero-order valence-corrected chi connectivity index (χ0v) is 8.54. The smallest absolute Gasteiger partial charge is 0.367 e. The van der Waals surface area contributed by atoms with E-state index in [2.05, 4.69) is 17.1 Å². The Bertz CT molecular complexity index is 288. The molecule has 4 heteroatoms. The van der Waals surface area contributed by atoms with Crippen LogP contribution in [-0.2, 0) is 0 Å². The standard InChI is InChI=1S/C9H13ClN3/c1-4-13(3)7-5-6-8(10)12-9(7)11-2/h2,5-6,8,12H,4H2,1,3H3/q+1. The topological polar surface area (TPSA) is 19.6 Å². The van der Waals surface area contributed by atoms with E-state index in [4.69, 9.17) is 18.2 Å². The second kappa shape index (κ2) is 4.20. The summed E-state index contributed by atoms with van der Waals surface area (Å²) < 4.78 is 0. The Hall–Kier alpha value is -1.14. The summed E-state index contributed by atoms with van der Waals surface area (Å²) in [7, 11) is 1.97. The van der Waals surface area contributed by atoms with E-state index in [1.54, 1.807) is 0 Å². The molecule has 0 radical (unpaired) electrons. The second-order valence-electron chi connectivity index (χ2n) is 2.78. The van der Waals surface area contributed by atoms with Crippen molar-refractivity contribution in [3.05, 3.63) is 28.5 Å². The minimum Gasteiger partial charge on any atom is -0.367 e. The molecule has 13 heavy (non-hydrogen) atoms. The van der Waals surface area contributed by atoms with Gasteiger partial charge in [0.15, 0.2) is 5.50 Å². The molecule has 0 saturated carbocycles. The van der Waals surface area contributed by atoms with Gasteiger partial charge in [-0.25, -0.2) is 5.32 Å². The van der Waals surface area contributed by atoms with Crippen LogP contribution in [0.1, 0.15) is 6.92 Å². The van der Waals surface area contributed by atoms with Crippen LogP contribution in [0.25, 0.3) is 4.85 Å². The Morgan fingerprint density at radius 1 is 1.77 bits per heavy atom. The Balaban J connectivity index is 2.92. The zero-order valence-electron chi connectivity index (χ0n) is 7.79. The summed E-state index contributed by atoms with van der Waals surface area (Å²) in [6, 6.07) is 0. The first-order chi connectivity index (χ1) is 6.19. The third-order valence-corrected chi connectivity index (χ3v) is 2.21. The van der Waals surface area contributed by atoms with Gasteiger partial charge in [0.2, 0.25) is 0 Å². The van der Waals surface area contributed by atoms with Crippen LogP contribution < -0.4 is 5.32 Å². The quantitative estimate of drug-likeness (QED) is 0.539. The first kappa shape index (κ1) is 9.94. The summed E-state index contributed by atoms with van der Waals surface area (Å²) in [5, 5.41) is 2.96. The summed E-state index contributed by atoms with van der Waals surface area (Å²) in [4.78, 5) is 5.68. The zero-order chi connectivity index (χ0) is 9.84. The highest BCUT2D eigenvalue weighted by Gasteiger charge is 2.22. The first-order valence-corrected chi connectivity index (χ1v) is 4.57. The van der Waals surface area contributed by atoms with Crippen LogP contribution in [0, 0.1) is 6.57 Å². The van der Waals surface area contributed by atoms with Crippen LogP contribution in [0.5, 0.6) is 0 Å². The molecule has 0 amide bonds. The molecule has 1 aliphatic rings. The van der Waals surface area contributed by atoms with Gasteiger partial charge in [-0.05, 0) is 19.1 Å². The van der Waals surface area contributed by atoms with E-state index in [-0.39, 0.29) is 5.50 Å². The van der Waals surface area contributed by atoms with Crippen LogP contribution in [0.3, 0.4) is 0 Å².